The van der Waals surface area contributed by atoms with Gasteiger partial charge in [-0.3, -0.25) is 14.6 Å². The zero-order chi connectivity index (χ0) is 28.2. The van der Waals surface area contributed by atoms with Crippen molar-refractivity contribution in [2.45, 2.75) is 71.0 Å². The van der Waals surface area contributed by atoms with Crippen LogP contribution in [0.4, 0.5) is 0 Å². The Kier molecular flexibility index (Phi) is 8.83. The Hall–Kier alpha value is -3.02. The molecule has 11 heteroatoms. The number of tetrazole rings is 1. The van der Waals surface area contributed by atoms with Gasteiger partial charge in [-0.2, -0.15) is 0 Å². The molecule has 2 fully saturated rings. The lowest BCUT2D eigenvalue weighted by Crippen LogP contribution is -2.40. The van der Waals surface area contributed by atoms with Crippen LogP contribution in [0.5, 0.6) is 11.5 Å². The molecule has 0 amide bonds. The summed E-state index contributed by atoms with van der Waals surface area (Å²) in [4.78, 5) is 21.4. The van der Waals surface area contributed by atoms with Crippen molar-refractivity contribution >= 4 is 10.9 Å². The third-order valence-electron chi connectivity index (χ3n) is 8.71. The van der Waals surface area contributed by atoms with Crippen molar-refractivity contribution in [1.29, 1.82) is 0 Å². The average Bonchev–Trinajstić information content (AvgIpc) is 3.46. The van der Waals surface area contributed by atoms with Gasteiger partial charge in [0, 0.05) is 43.2 Å². The Morgan fingerprint density at radius 3 is 2.54 bits per heavy atom. The van der Waals surface area contributed by atoms with Crippen LogP contribution in [-0.2, 0) is 11.3 Å². The van der Waals surface area contributed by atoms with Gasteiger partial charge >= 0.3 is 0 Å². The molecule has 2 aromatic heterocycles. The minimum Gasteiger partial charge on any atom is -0.486 e. The summed E-state index contributed by atoms with van der Waals surface area (Å²) < 4.78 is 19.2. The van der Waals surface area contributed by atoms with Crippen LogP contribution in [0.1, 0.15) is 75.8 Å². The number of hydrogen-bond acceptors (Lipinski definition) is 9. The number of nitrogens with zero attached hydrogens (tertiary/aromatic N) is 6. The number of fused-ring (bicyclic) bond motifs is 2. The Labute approximate surface area is 241 Å². The predicted octanol–water partition coefficient (Wildman–Crippen LogP) is 3.71. The van der Waals surface area contributed by atoms with E-state index in [4.69, 9.17) is 14.2 Å². The molecule has 11 nitrogen and oxygen atoms in total. The molecule has 1 unspecified atom stereocenters. The fraction of sp³-hybridized carbons (Fsp3) is 0.667. The Morgan fingerprint density at radius 1 is 1.02 bits per heavy atom. The van der Waals surface area contributed by atoms with Crippen LogP contribution in [0.25, 0.3) is 10.9 Å². The van der Waals surface area contributed by atoms with E-state index in [0.717, 1.165) is 86.7 Å². The second-order valence-corrected chi connectivity index (χ2v) is 11.9. The van der Waals surface area contributed by atoms with E-state index in [-0.39, 0.29) is 17.5 Å². The van der Waals surface area contributed by atoms with Crippen LogP contribution in [0.2, 0.25) is 0 Å². The molecule has 2 aliphatic heterocycles. The van der Waals surface area contributed by atoms with Crippen LogP contribution >= 0.6 is 0 Å². The van der Waals surface area contributed by atoms with Crippen molar-refractivity contribution in [3.8, 4) is 11.5 Å². The molecule has 1 saturated heterocycles. The number of aromatic nitrogens is 5. The minimum absolute atomic E-state index is 0.0213. The van der Waals surface area contributed by atoms with Crippen molar-refractivity contribution in [1.82, 2.24) is 35.0 Å². The van der Waals surface area contributed by atoms with Crippen molar-refractivity contribution < 1.29 is 14.2 Å². The summed E-state index contributed by atoms with van der Waals surface area (Å²) in [6.45, 7) is 11.3. The predicted molar refractivity (Wildman–Crippen MR) is 155 cm³/mol. The van der Waals surface area contributed by atoms with Gasteiger partial charge in [0.15, 0.2) is 17.3 Å². The molecular weight excluding hydrogens is 522 g/mol. The first-order chi connectivity index (χ1) is 20.1. The maximum atomic E-state index is 13.4. The van der Waals surface area contributed by atoms with E-state index < -0.39 is 0 Å². The standard InChI is InChI=1S/C30H43N7O4/c1-21(2)28(29-32-33-34-37(29)24-7-4-3-5-8-24)36(10-6-9-35-11-13-39-14-12-35)20-23-17-22-18-26-27(41-16-15-40-26)19-25(22)31-30(23)38/h17-19,21,24,28H,3-16,20H2,1-2H3,(H,31,38). The Bertz CT molecular complexity index is 1360. The van der Waals surface area contributed by atoms with Gasteiger partial charge in [-0.15, -0.1) is 5.10 Å². The Morgan fingerprint density at radius 2 is 1.78 bits per heavy atom. The number of benzene rings is 1. The number of nitrogens with one attached hydrogen (secondary N) is 1. The van der Waals surface area contributed by atoms with Gasteiger partial charge in [0.2, 0.25) is 0 Å². The highest BCUT2D eigenvalue weighted by Gasteiger charge is 2.32. The van der Waals surface area contributed by atoms with Crippen LogP contribution in [0, 0.1) is 5.92 Å². The summed E-state index contributed by atoms with van der Waals surface area (Å²) in [5.74, 6) is 2.56. The first-order valence-corrected chi connectivity index (χ1v) is 15.3. The second-order valence-electron chi connectivity index (χ2n) is 11.9. The third-order valence-corrected chi connectivity index (χ3v) is 8.71. The summed E-state index contributed by atoms with van der Waals surface area (Å²) in [6.07, 6.45) is 6.91. The monoisotopic (exact) mass is 565 g/mol. The zero-order valence-corrected chi connectivity index (χ0v) is 24.4. The van der Waals surface area contributed by atoms with Crippen LogP contribution < -0.4 is 15.0 Å². The molecule has 1 aliphatic carbocycles. The number of pyridine rings is 1. The normalized spacial score (nSPS) is 19.3. The molecule has 41 heavy (non-hydrogen) atoms. The first kappa shape index (κ1) is 28.1. The van der Waals surface area contributed by atoms with E-state index in [1.165, 1.54) is 19.3 Å². The maximum Gasteiger partial charge on any atom is 0.252 e. The quantitative estimate of drug-likeness (QED) is 0.393. The molecule has 1 saturated carbocycles. The molecule has 0 bridgehead atoms. The number of morpholine rings is 1. The van der Waals surface area contributed by atoms with Gasteiger partial charge in [-0.05, 0) is 54.3 Å². The summed E-state index contributed by atoms with van der Waals surface area (Å²) >= 11 is 0. The van der Waals surface area contributed by atoms with E-state index >= 15 is 0 Å². The SMILES string of the molecule is CC(C)C(c1nnnn1C1CCCCC1)N(CCCN1CCOCC1)Cc1cc2cc3c(cc2[nH]c1=O)OCCO3. The second kappa shape index (κ2) is 12.9. The number of hydrogen-bond donors (Lipinski definition) is 1. The van der Waals surface area contributed by atoms with Gasteiger partial charge in [0.1, 0.15) is 13.2 Å². The fourth-order valence-electron chi connectivity index (χ4n) is 6.63. The fourth-order valence-corrected chi connectivity index (χ4v) is 6.63. The largest absolute Gasteiger partial charge is 0.486 e. The van der Waals surface area contributed by atoms with E-state index in [9.17, 15) is 4.79 Å². The number of aromatic amines is 1. The number of H-pyrrole nitrogens is 1. The molecule has 1 N–H and O–H groups in total. The molecule has 0 radical (unpaired) electrons. The summed E-state index contributed by atoms with van der Waals surface area (Å²) in [5, 5.41) is 14.2. The summed E-state index contributed by atoms with van der Waals surface area (Å²) in [7, 11) is 0. The van der Waals surface area contributed by atoms with Gasteiger partial charge in [0.05, 0.1) is 30.8 Å². The van der Waals surface area contributed by atoms with Gasteiger partial charge in [-0.25, -0.2) is 4.68 Å². The van der Waals surface area contributed by atoms with Gasteiger partial charge < -0.3 is 19.2 Å². The highest BCUT2D eigenvalue weighted by atomic mass is 16.6. The third kappa shape index (κ3) is 6.42. The molecule has 3 aromatic rings. The number of rotatable bonds is 10. The van der Waals surface area contributed by atoms with Crippen LogP contribution in [-0.4, -0.2) is 87.6 Å². The average molecular weight is 566 g/mol. The summed E-state index contributed by atoms with van der Waals surface area (Å²) in [6, 6.07) is 6.15. The molecule has 6 rings (SSSR count). The molecular formula is C30H43N7O4. The zero-order valence-electron chi connectivity index (χ0n) is 24.4. The van der Waals surface area contributed by atoms with Crippen molar-refractivity contribution in [2.24, 2.45) is 5.92 Å². The molecule has 1 aromatic carbocycles. The van der Waals surface area contributed by atoms with Gasteiger partial charge in [0.25, 0.3) is 5.56 Å². The van der Waals surface area contributed by atoms with Crippen molar-refractivity contribution in [3.05, 3.63) is 39.9 Å². The maximum absolute atomic E-state index is 13.4. The highest BCUT2D eigenvalue weighted by Crippen LogP contribution is 2.36. The van der Waals surface area contributed by atoms with Crippen molar-refractivity contribution in [3.63, 3.8) is 0 Å². The molecule has 3 aliphatic rings. The molecule has 4 heterocycles. The van der Waals surface area contributed by atoms with Gasteiger partial charge in [-0.1, -0.05) is 33.1 Å². The molecule has 0 spiro atoms. The first-order valence-electron chi connectivity index (χ1n) is 15.3. The van der Waals surface area contributed by atoms with Crippen LogP contribution in [0.15, 0.2) is 23.0 Å². The Balaban J connectivity index is 1.31. The number of ether oxygens (including phenoxy) is 3. The topological polar surface area (TPSA) is 111 Å². The van der Waals surface area contributed by atoms with E-state index in [0.29, 0.717) is 31.5 Å². The molecule has 222 valence electrons. The smallest absolute Gasteiger partial charge is 0.252 e. The van der Waals surface area contributed by atoms with Crippen molar-refractivity contribution in [2.75, 3.05) is 52.6 Å². The lowest BCUT2D eigenvalue weighted by Gasteiger charge is -2.35. The van der Waals surface area contributed by atoms with E-state index in [2.05, 4.69) is 48.8 Å². The van der Waals surface area contributed by atoms with E-state index in [1.807, 2.05) is 18.2 Å². The molecule has 1 atom stereocenters. The lowest BCUT2D eigenvalue weighted by molar-refractivity contribution is 0.0340. The summed E-state index contributed by atoms with van der Waals surface area (Å²) in [5.41, 5.74) is 1.40. The lowest BCUT2D eigenvalue weighted by atomic mass is 9.94. The highest BCUT2D eigenvalue weighted by molar-refractivity contribution is 5.83. The minimum atomic E-state index is -0.0817. The van der Waals surface area contributed by atoms with E-state index in [1.54, 1.807) is 0 Å². The van der Waals surface area contributed by atoms with Crippen LogP contribution in [0.3, 0.4) is 0 Å².